The number of rotatable bonds is 7. The van der Waals surface area contributed by atoms with Crippen LogP contribution in [0.2, 0.25) is 0 Å². The van der Waals surface area contributed by atoms with Crippen molar-refractivity contribution >= 4 is 27.6 Å². The molecule has 0 aliphatic heterocycles. The lowest BCUT2D eigenvalue weighted by Gasteiger charge is -2.12. The second kappa shape index (κ2) is 7.78. The van der Waals surface area contributed by atoms with Gasteiger partial charge in [-0.3, -0.25) is 14.0 Å². The number of imidazole rings is 1. The van der Waals surface area contributed by atoms with Crippen LogP contribution in [0.3, 0.4) is 0 Å². The van der Waals surface area contributed by atoms with Gasteiger partial charge in [0, 0.05) is 12.6 Å². The number of ether oxygens (including phenoxy) is 1. The van der Waals surface area contributed by atoms with Crippen LogP contribution in [0, 0.1) is 0 Å². The molecular weight excluding hydrogens is 350 g/mol. The summed E-state index contributed by atoms with van der Waals surface area (Å²) >= 11 is 0. The highest BCUT2D eigenvalue weighted by atomic mass is 32.2. The SMILES string of the molecule is CC(=O)Cc1ccc2nc(S(=O)Cc3ncccc3OC(C)C)[nH]c2c1. The zero-order valence-corrected chi connectivity index (χ0v) is 15.8. The van der Waals surface area contributed by atoms with E-state index in [-0.39, 0.29) is 17.6 Å². The zero-order chi connectivity index (χ0) is 18.7. The summed E-state index contributed by atoms with van der Waals surface area (Å²) < 4.78 is 18.5. The lowest BCUT2D eigenvalue weighted by atomic mass is 10.1. The minimum absolute atomic E-state index is 0.0114. The molecule has 6 nitrogen and oxygen atoms in total. The lowest BCUT2D eigenvalue weighted by Crippen LogP contribution is -2.09. The number of pyridine rings is 1. The Balaban J connectivity index is 1.83. The van der Waals surface area contributed by atoms with Crippen molar-refractivity contribution in [3.05, 3.63) is 47.8 Å². The molecule has 1 N–H and O–H groups in total. The fourth-order valence-electron chi connectivity index (χ4n) is 2.62. The van der Waals surface area contributed by atoms with Crippen molar-refractivity contribution in [3.8, 4) is 5.75 Å². The van der Waals surface area contributed by atoms with Gasteiger partial charge in [0.15, 0.2) is 5.16 Å². The maximum atomic E-state index is 12.8. The first-order chi connectivity index (χ1) is 12.4. The monoisotopic (exact) mass is 371 g/mol. The standard InChI is InChI=1S/C19H21N3O3S/c1-12(2)25-18-5-4-8-20-17(18)11-26(24)19-21-15-7-6-14(9-13(3)23)10-16(15)22-19/h4-8,10,12H,9,11H2,1-3H3,(H,21,22). The van der Waals surface area contributed by atoms with E-state index >= 15 is 0 Å². The van der Waals surface area contributed by atoms with E-state index < -0.39 is 10.8 Å². The van der Waals surface area contributed by atoms with Gasteiger partial charge in [0.05, 0.1) is 39.4 Å². The summed E-state index contributed by atoms with van der Waals surface area (Å²) in [6, 6.07) is 9.19. The number of benzene rings is 1. The predicted octanol–water partition coefficient (Wildman–Crippen LogP) is 3.18. The van der Waals surface area contributed by atoms with Gasteiger partial charge in [0.1, 0.15) is 11.5 Å². The van der Waals surface area contributed by atoms with Crippen molar-refractivity contribution in [2.24, 2.45) is 0 Å². The number of nitrogens with one attached hydrogen (secondary N) is 1. The molecule has 2 aromatic heterocycles. The number of Topliss-reactive ketones (excluding diaryl/α,β-unsaturated/α-hetero) is 1. The summed E-state index contributed by atoms with van der Waals surface area (Å²) in [4.78, 5) is 23.1. The van der Waals surface area contributed by atoms with Crippen molar-refractivity contribution < 1.29 is 13.7 Å². The van der Waals surface area contributed by atoms with Gasteiger partial charge < -0.3 is 9.72 Å². The third-order valence-electron chi connectivity index (χ3n) is 3.67. The Kier molecular flexibility index (Phi) is 5.46. The van der Waals surface area contributed by atoms with Gasteiger partial charge in [0.2, 0.25) is 0 Å². The quantitative estimate of drug-likeness (QED) is 0.689. The minimum atomic E-state index is -1.39. The van der Waals surface area contributed by atoms with Crippen LogP contribution < -0.4 is 4.74 Å². The Morgan fingerprint density at radius 3 is 2.85 bits per heavy atom. The molecule has 0 bridgehead atoms. The fourth-order valence-corrected chi connectivity index (χ4v) is 3.65. The molecule has 1 atom stereocenters. The number of nitrogens with zero attached hydrogens (tertiary/aromatic N) is 2. The van der Waals surface area contributed by atoms with Crippen LogP contribution in [-0.4, -0.2) is 31.0 Å². The second-order valence-electron chi connectivity index (χ2n) is 6.38. The van der Waals surface area contributed by atoms with Gasteiger partial charge in [-0.1, -0.05) is 6.07 Å². The van der Waals surface area contributed by atoms with Crippen LogP contribution in [0.15, 0.2) is 41.7 Å². The van der Waals surface area contributed by atoms with Gasteiger partial charge >= 0.3 is 0 Å². The summed E-state index contributed by atoms with van der Waals surface area (Å²) in [5, 5.41) is 0.390. The van der Waals surface area contributed by atoms with E-state index in [1.54, 1.807) is 19.2 Å². The first kappa shape index (κ1) is 18.3. The van der Waals surface area contributed by atoms with Crippen molar-refractivity contribution in [1.29, 1.82) is 0 Å². The molecule has 26 heavy (non-hydrogen) atoms. The molecule has 0 aliphatic rings. The van der Waals surface area contributed by atoms with Crippen molar-refractivity contribution in [3.63, 3.8) is 0 Å². The van der Waals surface area contributed by atoms with Crippen LogP contribution >= 0.6 is 0 Å². The smallest absolute Gasteiger partial charge is 0.197 e. The van der Waals surface area contributed by atoms with Gasteiger partial charge in [-0.05, 0) is 50.6 Å². The summed E-state index contributed by atoms with van der Waals surface area (Å²) in [7, 11) is -1.39. The molecule has 136 valence electrons. The van der Waals surface area contributed by atoms with Crippen LogP contribution in [0.25, 0.3) is 11.0 Å². The van der Waals surface area contributed by atoms with Crippen LogP contribution in [0.4, 0.5) is 0 Å². The summed E-state index contributed by atoms with van der Waals surface area (Å²) in [5.41, 5.74) is 3.03. The first-order valence-corrected chi connectivity index (χ1v) is 9.71. The van der Waals surface area contributed by atoms with E-state index in [9.17, 15) is 9.00 Å². The van der Waals surface area contributed by atoms with Gasteiger partial charge in [-0.2, -0.15) is 0 Å². The lowest BCUT2D eigenvalue weighted by molar-refractivity contribution is -0.116. The van der Waals surface area contributed by atoms with E-state index in [0.717, 1.165) is 16.6 Å². The molecule has 7 heteroatoms. The third-order valence-corrected chi connectivity index (χ3v) is 4.83. The van der Waals surface area contributed by atoms with E-state index in [1.807, 2.05) is 38.1 Å². The summed E-state index contributed by atoms with van der Waals surface area (Å²) in [5.74, 6) is 0.944. The maximum absolute atomic E-state index is 12.8. The normalized spacial score (nSPS) is 12.5. The van der Waals surface area contributed by atoms with Crippen molar-refractivity contribution in [2.75, 3.05) is 0 Å². The number of hydrogen-bond acceptors (Lipinski definition) is 5. The van der Waals surface area contributed by atoms with Crippen molar-refractivity contribution in [1.82, 2.24) is 15.0 Å². The molecule has 3 rings (SSSR count). The molecule has 1 unspecified atom stereocenters. The Morgan fingerprint density at radius 1 is 1.31 bits per heavy atom. The second-order valence-corrected chi connectivity index (χ2v) is 7.74. The number of carbonyl (C=O) groups excluding carboxylic acids is 1. The number of aromatic amines is 1. The summed E-state index contributed by atoms with van der Waals surface area (Å²) in [6.45, 7) is 5.43. The fraction of sp³-hybridized carbons (Fsp3) is 0.316. The Bertz CT molecular complexity index is 966. The Morgan fingerprint density at radius 2 is 2.12 bits per heavy atom. The highest BCUT2D eigenvalue weighted by Crippen LogP contribution is 2.22. The maximum Gasteiger partial charge on any atom is 0.197 e. The molecule has 0 radical (unpaired) electrons. The molecule has 0 saturated carbocycles. The molecule has 0 fully saturated rings. The van der Waals surface area contributed by atoms with Gasteiger partial charge in [-0.25, -0.2) is 4.98 Å². The number of carbonyl (C=O) groups is 1. The Hall–Kier alpha value is -2.54. The third kappa shape index (κ3) is 4.35. The molecule has 0 spiro atoms. The Labute approximate surface area is 154 Å². The highest BCUT2D eigenvalue weighted by Gasteiger charge is 2.15. The van der Waals surface area contributed by atoms with E-state index in [2.05, 4.69) is 15.0 Å². The highest BCUT2D eigenvalue weighted by molar-refractivity contribution is 7.84. The van der Waals surface area contributed by atoms with Gasteiger partial charge in [0.25, 0.3) is 0 Å². The molecular formula is C19H21N3O3S. The zero-order valence-electron chi connectivity index (χ0n) is 15.0. The van der Waals surface area contributed by atoms with E-state index in [0.29, 0.717) is 23.0 Å². The number of fused-ring (bicyclic) bond motifs is 1. The predicted molar refractivity (Wildman–Crippen MR) is 101 cm³/mol. The topological polar surface area (TPSA) is 84.9 Å². The minimum Gasteiger partial charge on any atom is -0.489 e. The first-order valence-electron chi connectivity index (χ1n) is 8.39. The number of ketones is 1. The molecule has 3 aromatic rings. The molecule has 0 saturated heterocycles. The molecule has 0 amide bonds. The number of hydrogen-bond donors (Lipinski definition) is 1. The van der Waals surface area contributed by atoms with E-state index in [1.165, 1.54) is 0 Å². The van der Waals surface area contributed by atoms with Crippen LogP contribution in [0.1, 0.15) is 32.0 Å². The molecule has 2 heterocycles. The van der Waals surface area contributed by atoms with Crippen molar-refractivity contribution in [2.45, 2.75) is 44.2 Å². The summed E-state index contributed by atoms with van der Waals surface area (Å²) in [6.07, 6.45) is 2.04. The average molecular weight is 371 g/mol. The largest absolute Gasteiger partial charge is 0.489 e. The van der Waals surface area contributed by atoms with Crippen LogP contribution in [-0.2, 0) is 27.8 Å². The molecule has 1 aromatic carbocycles. The van der Waals surface area contributed by atoms with Crippen LogP contribution in [0.5, 0.6) is 5.75 Å². The van der Waals surface area contributed by atoms with Gasteiger partial charge in [-0.15, -0.1) is 0 Å². The molecule has 0 aliphatic carbocycles. The average Bonchev–Trinajstić information content (AvgIpc) is 2.99. The van der Waals surface area contributed by atoms with E-state index in [4.69, 9.17) is 4.74 Å². The number of H-pyrrole nitrogens is 1. The number of aromatic nitrogens is 3.